The molecule has 0 spiro atoms. The number of nitrogens with zero attached hydrogens (tertiary/aromatic N) is 4. The van der Waals surface area contributed by atoms with Crippen molar-refractivity contribution >= 4 is 26.7 Å². The lowest BCUT2D eigenvalue weighted by molar-refractivity contribution is 0.690. The molecule has 0 aromatic carbocycles. The Morgan fingerprint density at radius 2 is 2.29 bits per heavy atom. The van der Waals surface area contributed by atoms with Gasteiger partial charge in [0.2, 0.25) is 0 Å². The Bertz CT molecular complexity index is 851. The van der Waals surface area contributed by atoms with Crippen LogP contribution in [0.25, 0.3) is 10.2 Å². The molecule has 0 radical (unpaired) electrons. The standard InChI is InChI=1S/C14H13N5OS/c1-8-16-10-3-5-19(7-9(10)13(20)17-8)14-18-11-6-15-4-2-12(11)21-14/h2,4,6H,3,5,7H2,1H3,(H,16,17,20). The minimum Gasteiger partial charge on any atom is -0.343 e. The predicted molar refractivity (Wildman–Crippen MR) is 81.8 cm³/mol. The fourth-order valence-corrected chi connectivity index (χ4v) is 3.57. The highest BCUT2D eigenvalue weighted by molar-refractivity contribution is 7.22. The van der Waals surface area contributed by atoms with Crippen molar-refractivity contribution in [3.8, 4) is 0 Å². The van der Waals surface area contributed by atoms with E-state index in [0.717, 1.165) is 39.6 Å². The van der Waals surface area contributed by atoms with Gasteiger partial charge in [0.25, 0.3) is 5.56 Å². The van der Waals surface area contributed by atoms with Crippen molar-refractivity contribution in [1.29, 1.82) is 0 Å². The lowest BCUT2D eigenvalue weighted by Gasteiger charge is -2.27. The highest BCUT2D eigenvalue weighted by atomic mass is 32.1. The highest BCUT2D eigenvalue weighted by Crippen LogP contribution is 2.30. The van der Waals surface area contributed by atoms with Gasteiger partial charge in [0.05, 0.1) is 28.7 Å². The minimum absolute atomic E-state index is 0.0371. The molecule has 0 amide bonds. The van der Waals surface area contributed by atoms with E-state index in [1.165, 1.54) is 0 Å². The molecule has 4 rings (SSSR count). The van der Waals surface area contributed by atoms with Crippen molar-refractivity contribution < 1.29 is 0 Å². The topological polar surface area (TPSA) is 74.8 Å². The van der Waals surface area contributed by atoms with E-state index in [-0.39, 0.29) is 5.56 Å². The van der Waals surface area contributed by atoms with Crippen LogP contribution in [0.4, 0.5) is 5.13 Å². The fraction of sp³-hybridized carbons (Fsp3) is 0.286. The molecule has 0 aliphatic carbocycles. The first-order chi connectivity index (χ1) is 10.2. The molecule has 0 fully saturated rings. The molecule has 6 nitrogen and oxygen atoms in total. The summed E-state index contributed by atoms with van der Waals surface area (Å²) in [4.78, 5) is 30.1. The summed E-state index contributed by atoms with van der Waals surface area (Å²) in [5, 5.41) is 0.934. The molecule has 0 saturated heterocycles. The van der Waals surface area contributed by atoms with Crippen molar-refractivity contribution in [3.63, 3.8) is 0 Å². The largest absolute Gasteiger partial charge is 0.343 e. The number of fused-ring (bicyclic) bond motifs is 2. The maximum atomic E-state index is 12.1. The molecule has 0 unspecified atom stereocenters. The smallest absolute Gasteiger partial charge is 0.256 e. The van der Waals surface area contributed by atoms with Crippen molar-refractivity contribution in [2.24, 2.45) is 0 Å². The second kappa shape index (κ2) is 4.63. The summed E-state index contributed by atoms with van der Waals surface area (Å²) < 4.78 is 1.11. The van der Waals surface area contributed by atoms with Crippen LogP contribution in [0.15, 0.2) is 23.3 Å². The normalized spacial score (nSPS) is 14.4. The summed E-state index contributed by atoms with van der Waals surface area (Å²) in [5.74, 6) is 0.679. The molecule has 1 aliphatic rings. The summed E-state index contributed by atoms with van der Waals surface area (Å²) in [6, 6.07) is 1.96. The van der Waals surface area contributed by atoms with Crippen LogP contribution in [0.3, 0.4) is 0 Å². The zero-order valence-electron chi connectivity index (χ0n) is 11.5. The van der Waals surface area contributed by atoms with Gasteiger partial charge in [-0.1, -0.05) is 11.3 Å². The van der Waals surface area contributed by atoms with E-state index in [9.17, 15) is 4.79 Å². The molecule has 21 heavy (non-hydrogen) atoms. The van der Waals surface area contributed by atoms with Gasteiger partial charge in [-0.3, -0.25) is 9.78 Å². The van der Waals surface area contributed by atoms with Gasteiger partial charge >= 0.3 is 0 Å². The first-order valence-electron chi connectivity index (χ1n) is 6.75. The average molecular weight is 299 g/mol. The Morgan fingerprint density at radius 1 is 1.38 bits per heavy atom. The van der Waals surface area contributed by atoms with Crippen LogP contribution in [0.2, 0.25) is 0 Å². The Kier molecular flexibility index (Phi) is 2.75. The average Bonchev–Trinajstić information content (AvgIpc) is 2.90. The van der Waals surface area contributed by atoms with Crippen molar-refractivity contribution in [2.75, 3.05) is 11.4 Å². The number of aromatic amines is 1. The molecule has 0 atom stereocenters. The SMILES string of the molecule is Cc1nc2c(c(=O)[nH]1)CN(c1nc3cnccc3s1)CC2. The van der Waals surface area contributed by atoms with E-state index in [1.54, 1.807) is 23.7 Å². The summed E-state index contributed by atoms with van der Waals surface area (Å²) >= 11 is 1.63. The van der Waals surface area contributed by atoms with Crippen molar-refractivity contribution in [1.82, 2.24) is 19.9 Å². The molecule has 0 bridgehead atoms. The molecular formula is C14H13N5OS. The van der Waals surface area contributed by atoms with Crippen LogP contribution in [0, 0.1) is 6.92 Å². The Balaban J connectivity index is 1.73. The van der Waals surface area contributed by atoms with E-state index in [1.807, 2.05) is 13.0 Å². The number of thiazole rings is 1. The molecule has 1 N–H and O–H groups in total. The van der Waals surface area contributed by atoms with E-state index in [4.69, 9.17) is 0 Å². The lowest BCUT2D eigenvalue weighted by Crippen LogP contribution is -2.35. The van der Waals surface area contributed by atoms with Crippen molar-refractivity contribution in [3.05, 3.63) is 45.9 Å². The Morgan fingerprint density at radius 3 is 3.14 bits per heavy atom. The van der Waals surface area contributed by atoms with Crippen LogP contribution in [-0.2, 0) is 13.0 Å². The Labute approximate surface area is 124 Å². The first-order valence-corrected chi connectivity index (χ1v) is 7.56. The van der Waals surface area contributed by atoms with Gasteiger partial charge < -0.3 is 9.88 Å². The summed E-state index contributed by atoms with van der Waals surface area (Å²) in [7, 11) is 0. The van der Waals surface area contributed by atoms with Gasteiger partial charge in [-0.25, -0.2) is 9.97 Å². The third-order valence-corrected chi connectivity index (χ3v) is 4.73. The predicted octanol–water partition coefficient (Wildman–Crippen LogP) is 1.65. The van der Waals surface area contributed by atoms with Gasteiger partial charge in [-0.05, 0) is 13.0 Å². The number of rotatable bonds is 1. The third-order valence-electron chi connectivity index (χ3n) is 3.64. The molecule has 0 saturated carbocycles. The molecule has 1 aliphatic heterocycles. The van der Waals surface area contributed by atoms with E-state index in [2.05, 4.69) is 24.8 Å². The molecule has 4 heterocycles. The monoisotopic (exact) mass is 299 g/mol. The fourth-order valence-electron chi connectivity index (χ4n) is 2.62. The molecule has 3 aromatic heterocycles. The van der Waals surface area contributed by atoms with Crippen LogP contribution < -0.4 is 10.5 Å². The van der Waals surface area contributed by atoms with Crippen LogP contribution in [-0.4, -0.2) is 26.5 Å². The summed E-state index contributed by atoms with van der Waals surface area (Å²) in [6.07, 6.45) is 4.31. The van der Waals surface area contributed by atoms with Crippen molar-refractivity contribution in [2.45, 2.75) is 19.9 Å². The van der Waals surface area contributed by atoms with Gasteiger partial charge in [0.15, 0.2) is 5.13 Å². The third kappa shape index (κ3) is 2.09. The molecule has 7 heteroatoms. The number of hydrogen-bond donors (Lipinski definition) is 1. The van der Waals surface area contributed by atoms with Crippen LogP contribution >= 0.6 is 11.3 Å². The van der Waals surface area contributed by atoms with E-state index >= 15 is 0 Å². The highest BCUT2D eigenvalue weighted by Gasteiger charge is 2.22. The van der Waals surface area contributed by atoms with Gasteiger partial charge in [0.1, 0.15) is 11.3 Å². The number of H-pyrrole nitrogens is 1. The number of nitrogens with one attached hydrogen (secondary N) is 1. The maximum Gasteiger partial charge on any atom is 0.256 e. The second-order valence-electron chi connectivity index (χ2n) is 5.09. The molecule has 3 aromatic rings. The number of anilines is 1. The van der Waals surface area contributed by atoms with E-state index < -0.39 is 0 Å². The van der Waals surface area contributed by atoms with Gasteiger partial charge in [-0.15, -0.1) is 0 Å². The number of aryl methyl sites for hydroxylation is 1. The number of pyridine rings is 1. The lowest BCUT2D eigenvalue weighted by atomic mass is 10.1. The zero-order chi connectivity index (χ0) is 14.4. The van der Waals surface area contributed by atoms with Gasteiger partial charge in [-0.2, -0.15) is 0 Å². The Hall–Kier alpha value is -2.28. The maximum absolute atomic E-state index is 12.1. The van der Waals surface area contributed by atoms with Crippen LogP contribution in [0.5, 0.6) is 0 Å². The summed E-state index contributed by atoms with van der Waals surface area (Å²) in [6.45, 7) is 3.20. The van der Waals surface area contributed by atoms with Crippen LogP contribution in [0.1, 0.15) is 17.1 Å². The number of aromatic nitrogens is 4. The quantitative estimate of drug-likeness (QED) is 0.739. The second-order valence-corrected chi connectivity index (χ2v) is 6.10. The summed E-state index contributed by atoms with van der Waals surface area (Å²) in [5.41, 5.74) is 2.53. The number of hydrogen-bond acceptors (Lipinski definition) is 6. The molecule has 106 valence electrons. The van der Waals surface area contributed by atoms with E-state index in [0.29, 0.717) is 12.4 Å². The minimum atomic E-state index is -0.0371. The first kappa shape index (κ1) is 12.5. The zero-order valence-corrected chi connectivity index (χ0v) is 12.3. The molecular weight excluding hydrogens is 286 g/mol. The van der Waals surface area contributed by atoms with Gasteiger partial charge in [0, 0.05) is 19.2 Å².